The molecule has 0 saturated heterocycles. The molecule has 11 nitrogen and oxygen atoms in total. The van der Waals surface area contributed by atoms with Crippen LogP contribution in [0.3, 0.4) is 0 Å². The molecule has 1 heterocycles. The summed E-state index contributed by atoms with van der Waals surface area (Å²) in [7, 11) is -0.943. The molecule has 242 valence electrons. The molecule has 3 N–H and O–H groups in total. The van der Waals surface area contributed by atoms with Crippen LogP contribution < -0.4 is 20.1 Å². The fourth-order valence-corrected chi connectivity index (χ4v) is 6.63. The van der Waals surface area contributed by atoms with Gasteiger partial charge < -0.3 is 30.1 Å². The summed E-state index contributed by atoms with van der Waals surface area (Å²) in [5.41, 5.74) is 1.02. The number of nitrogens with one attached hydrogen (secondary N) is 2. The van der Waals surface area contributed by atoms with Crippen molar-refractivity contribution in [1.29, 1.82) is 0 Å². The van der Waals surface area contributed by atoms with Crippen molar-refractivity contribution in [2.75, 3.05) is 44.5 Å². The van der Waals surface area contributed by atoms with Gasteiger partial charge in [0.15, 0.2) is 5.75 Å². The van der Waals surface area contributed by atoms with Crippen LogP contribution in [0, 0.1) is 5.92 Å². The second-order valence-electron chi connectivity index (χ2n) is 11.4. The molecule has 1 aliphatic heterocycles. The molecule has 0 spiro atoms. The largest absolute Gasteiger partial charge is 0.497 e. The van der Waals surface area contributed by atoms with Crippen molar-refractivity contribution in [1.82, 2.24) is 9.21 Å². The van der Waals surface area contributed by atoms with E-state index in [1.807, 2.05) is 43.3 Å². The number of likely N-dealkylation sites (N-methyl/N-ethyl adjacent to an activating group) is 1. The molecule has 4 aromatic carbocycles. The minimum Gasteiger partial charge on any atom is -0.497 e. The molecule has 3 amide bonds. The topological polar surface area (TPSA) is 138 Å². The number of carbonyl (C=O) groups is 2. The van der Waals surface area contributed by atoms with Gasteiger partial charge in [-0.05, 0) is 54.8 Å². The average Bonchev–Trinajstić information content (AvgIpc) is 3.06. The van der Waals surface area contributed by atoms with E-state index in [1.54, 1.807) is 48.2 Å². The zero-order chi connectivity index (χ0) is 33.0. The van der Waals surface area contributed by atoms with Crippen molar-refractivity contribution >= 4 is 44.1 Å². The summed E-state index contributed by atoms with van der Waals surface area (Å²) in [6.07, 6.45) is -0.734. The molecule has 0 aromatic heterocycles. The molecule has 0 aliphatic carbocycles. The molecule has 12 heteroatoms. The number of hydrogen-bond acceptors (Lipinski definition) is 7. The first kappa shape index (κ1) is 32.7. The van der Waals surface area contributed by atoms with E-state index in [9.17, 15) is 23.1 Å². The minimum absolute atomic E-state index is 0.0545. The Balaban J connectivity index is 1.47. The molecule has 4 aromatic rings. The van der Waals surface area contributed by atoms with E-state index in [4.69, 9.17) is 9.47 Å². The van der Waals surface area contributed by atoms with Gasteiger partial charge in [0.2, 0.25) is 10.0 Å². The Labute approximate surface area is 268 Å². The number of amides is 3. The monoisotopic (exact) mass is 646 g/mol. The maximum atomic E-state index is 13.8. The molecular weight excluding hydrogens is 608 g/mol. The van der Waals surface area contributed by atoms with Gasteiger partial charge in [0.05, 0.1) is 48.1 Å². The second kappa shape index (κ2) is 13.8. The van der Waals surface area contributed by atoms with Gasteiger partial charge in [0.1, 0.15) is 11.9 Å². The molecule has 1 aliphatic rings. The van der Waals surface area contributed by atoms with Gasteiger partial charge in [-0.2, -0.15) is 4.31 Å². The van der Waals surface area contributed by atoms with Crippen LogP contribution in [-0.4, -0.2) is 80.7 Å². The number of para-hydroxylation sites is 1. The van der Waals surface area contributed by atoms with E-state index in [0.717, 1.165) is 10.8 Å². The molecule has 3 atom stereocenters. The molecule has 0 saturated carbocycles. The standard InChI is InChI=1S/C34H38N4O7S/c1-22-19-38(23(2)21-39)33(40)28-12-8-14-30(36-34(41)35-29-13-7-10-24-9-5-6-11-27(24)29)32(28)45-31(22)20-37(3)46(42,43)26-17-15-25(44-4)16-18-26/h5-18,22-23,31,39H,19-21H2,1-4H3,(H2,35,36,41)/t22-,23-,31-/m0/s1. The van der Waals surface area contributed by atoms with Crippen LogP contribution in [0.5, 0.6) is 11.5 Å². The third kappa shape index (κ3) is 6.79. The minimum atomic E-state index is -3.91. The number of benzene rings is 4. The number of fused-ring (bicyclic) bond motifs is 2. The molecule has 0 unspecified atom stereocenters. The van der Waals surface area contributed by atoms with Crippen LogP contribution in [0.2, 0.25) is 0 Å². The normalized spacial score (nSPS) is 17.4. The lowest BCUT2D eigenvalue weighted by Gasteiger charge is -2.38. The summed E-state index contributed by atoms with van der Waals surface area (Å²) in [4.78, 5) is 28.8. The Morgan fingerprint density at radius 3 is 2.39 bits per heavy atom. The van der Waals surface area contributed by atoms with Crippen molar-refractivity contribution in [3.63, 3.8) is 0 Å². The fraction of sp³-hybridized carbons (Fsp3) is 0.294. The first-order valence-electron chi connectivity index (χ1n) is 14.9. The Bertz CT molecular complexity index is 1830. The number of anilines is 2. The second-order valence-corrected chi connectivity index (χ2v) is 13.4. The number of urea groups is 1. The van der Waals surface area contributed by atoms with Gasteiger partial charge in [-0.15, -0.1) is 0 Å². The summed E-state index contributed by atoms with van der Waals surface area (Å²) in [5, 5.41) is 17.5. The highest BCUT2D eigenvalue weighted by Crippen LogP contribution is 2.35. The van der Waals surface area contributed by atoms with Crippen LogP contribution >= 0.6 is 0 Å². The predicted molar refractivity (Wildman–Crippen MR) is 177 cm³/mol. The van der Waals surface area contributed by atoms with Gasteiger partial charge in [-0.25, -0.2) is 13.2 Å². The van der Waals surface area contributed by atoms with Crippen LogP contribution in [0.25, 0.3) is 10.8 Å². The quantitative estimate of drug-likeness (QED) is 0.232. The number of ether oxygens (including phenoxy) is 2. The maximum absolute atomic E-state index is 13.8. The zero-order valence-corrected chi connectivity index (χ0v) is 27.0. The van der Waals surface area contributed by atoms with E-state index in [-0.39, 0.29) is 53.4 Å². The predicted octanol–water partition coefficient (Wildman–Crippen LogP) is 5.03. The lowest BCUT2D eigenvalue weighted by molar-refractivity contribution is 0.0389. The van der Waals surface area contributed by atoms with Crippen LogP contribution in [-0.2, 0) is 10.0 Å². The summed E-state index contributed by atoms with van der Waals surface area (Å²) in [6, 6.07) is 23.1. The number of sulfonamides is 1. The molecule has 0 fully saturated rings. The zero-order valence-electron chi connectivity index (χ0n) is 26.1. The maximum Gasteiger partial charge on any atom is 0.323 e. The van der Waals surface area contributed by atoms with Gasteiger partial charge in [-0.1, -0.05) is 49.4 Å². The SMILES string of the molecule is COc1ccc(S(=O)(=O)N(C)C[C@@H]2Oc3c(NC(=O)Nc4cccc5ccccc45)cccc3C(=O)N([C@@H](C)CO)C[C@@H]2C)cc1. The number of rotatable bonds is 9. The van der Waals surface area contributed by atoms with Gasteiger partial charge in [0.25, 0.3) is 5.91 Å². The summed E-state index contributed by atoms with van der Waals surface area (Å²) >= 11 is 0. The molecule has 46 heavy (non-hydrogen) atoms. The van der Waals surface area contributed by atoms with Crippen molar-refractivity contribution < 1.29 is 32.6 Å². The molecule has 0 bridgehead atoms. The number of carbonyl (C=O) groups excluding carboxylic acids is 2. The van der Waals surface area contributed by atoms with Gasteiger partial charge in [-0.3, -0.25) is 4.79 Å². The Hall–Kier alpha value is -4.65. The van der Waals surface area contributed by atoms with E-state index in [2.05, 4.69) is 10.6 Å². The lowest BCUT2D eigenvalue weighted by atomic mass is 9.99. The molecule has 5 rings (SSSR count). The first-order chi connectivity index (χ1) is 22.0. The first-order valence-corrected chi connectivity index (χ1v) is 16.3. The van der Waals surface area contributed by atoms with Crippen LogP contribution in [0.1, 0.15) is 24.2 Å². The highest BCUT2D eigenvalue weighted by atomic mass is 32.2. The summed E-state index contributed by atoms with van der Waals surface area (Å²) in [6.45, 7) is 3.48. The number of aliphatic hydroxyl groups is 1. The highest BCUT2D eigenvalue weighted by Gasteiger charge is 2.36. The Morgan fingerprint density at radius 1 is 1.02 bits per heavy atom. The lowest BCUT2D eigenvalue weighted by Crippen LogP contribution is -2.50. The fourth-order valence-electron chi connectivity index (χ4n) is 5.45. The summed E-state index contributed by atoms with van der Waals surface area (Å²) in [5.74, 6) is -0.0960. The molecule has 0 radical (unpaired) electrons. The van der Waals surface area contributed by atoms with Crippen molar-refractivity contribution in [2.45, 2.75) is 30.9 Å². The number of nitrogens with zero attached hydrogens (tertiary/aromatic N) is 2. The Kier molecular flexibility index (Phi) is 9.80. The third-order valence-corrected chi connectivity index (χ3v) is 10.0. The van der Waals surface area contributed by atoms with E-state index < -0.39 is 28.2 Å². The van der Waals surface area contributed by atoms with Crippen LogP contribution in [0.4, 0.5) is 16.2 Å². The Morgan fingerprint density at radius 2 is 1.67 bits per heavy atom. The van der Waals surface area contributed by atoms with Crippen molar-refractivity contribution in [3.05, 3.63) is 90.5 Å². The molecular formula is C34H38N4O7S. The van der Waals surface area contributed by atoms with Crippen molar-refractivity contribution in [2.24, 2.45) is 5.92 Å². The van der Waals surface area contributed by atoms with Gasteiger partial charge in [0, 0.05) is 24.9 Å². The number of hydrogen-bond donors (Lipinski definition) is 3. The number of aliphatic hydroxyl groups excluding tert-OH is 1. The van der Waals surface area contributed by atoms with E-state index >= 15 is 0 Å². The average molecular weight is 647 g/mol. The smallest absolute Gasteiger partial charge is 0.323 e. The van der Waals surface area contributed by atoms with Crippen molar-refractivity contribution in [3.8, 4) is 11.5 Å². The third-order valence-electron chi connectivity index (χ3n) is 8.18. The van der Waals surface area contributed by atoms with Gasteiger partial charge >= 0.3 is 6.03 Å². The summed E-state index contributed by atoms with van der Waals surface area (Å²) < 4.78 is 39.9. The van der Waals surface area contributed by atoms with E-state index in [0.29, 0.717) is 11.4 Å². The number of methoxy groups -OCH3 is 1. The highest BCUT2D eigenvalue weighted by molar-refractivity contribution is 7.89. The van der Waals surface area contributed by atoms with E-state index in [1.165, 1.54) is 30.6 Å². The van der Waals surface area contributed by atoms with Crippen LogP contribution in [0.15, 0.2) is 89.8 Å².